The van der Waals surface area contributed by atoms with Crippen LogP contribution in [0.1, 0.15) is 72.1 Å². The number of ether oxygens (including phenoxy) is 6. The molecule has 0 spiro atoms. The van der Waals surface area contributed by atoms with Crippen LogP contribution in [0, 0.1) is 41.4 Å². The summed E-state index contributed by atoms with van der Waals surface area (Å²) in [6, 6.07) is 0. The fourth-order valence-corrected chi connectivity index (χ4v) is 8.93. The van der Waals surface area contributed by atoms with Crippen molar-refractivity contribution in [3.8, 4) is 0 Å². The van der Waals surface area contributed by atoms with E-state index in [1.165, 1.54) is 0 Å². The Labute approximate surface area is 250 Å². The molecule has 0 radical (unpaired) electrons. The van der Waals surface area contributed by atoms with Gasteiger partial charge in [0.1, 0.15) is 30.2 Å². The van der Waals surface area contributed by atoms with E-state index in [9.17, 15) is 14.7 Å². The van der Waals surface area contributed by atoms with Crippen LogP contribution in [0.3, 0.4) is 0 Å². The third kappa shape index (κ3) is 6.24. The van der Waals surface area contributed by atoms with Gasteiger partial charge in [-0.2, -0.15) is 0 Å². The Morgan fingerprint density at radius 2 is 1.64 bits per heavy atom. The predicted octanol–water partition coefficient (Wildman–Crippen LogP) is 4.09. The van der Waals surface area contributed by atoms with E-state index in [4.69, 9.17) is 28.4 Å². The van der Waals surface area contributed by atoms with Crippen molar-refractivity contribution in [2.24, 2.45) is 41.4 Å². The van der Waals surface area contributed by atoms with Gasteiger partial charge in [0.2, 0.25) is 0 Å². The van der Waals surface area contributed by atoms with Crippen molar-refractivity contribution in [1.29, 1.82) is 0 Å². The Morgan fingerprint density at radius 3 is 2.33 bits per heavy atom. The van der Waals surface area contributed by atoms with Crippen LogP contribution in [0.25, 0.3) is 0 Å². The third-order valence-corrected chi connectivity index (χ3v) is 11.2. The summed E-state index contributed by atoms with van der Waals surface area (Å²) in [5, 5.41) is 10.9. The minimum Gasteiger partial charge on any atom is -0.462 e. The van der Waals surface area contributed by atoms with E-state index >= 15 is 0 Å². The molecule has 2 saturated heterocycles. The minimum atomic E-state index is -0.666. The standard InChI is InChI=1S/C33H52O9/c1-7-20-9-8-10-27(34)17(2)29(36)26-15-24-22(25(26)16-28(35)41-20)12-11-19-13-21(14-23(19)24)42-33-32(39-6)31(38-5)30(37-4)18(3)40-33/h11-12,17-27,30-34H,7-10,13-16H2,1-6H3/t17-,18?,19-,20+,21-,22-,23?,24-,25?,26?,27+,30?,31?,32?,33?/m1/s1. The van der Waals surface area contributed by atoms with Crippen LogP contribution in [0.15, 0.2) is 12.2 Å². The summed E-state index contributed by atoms with van der Waals surface area (Å²) < 4.78 is 36.0. The molecule has 8 unspecified atom stereocenters. The van der Waals surface area contributed by atoms with E-state index in [0.29, 0.717) is 18.3 Å². The number of cyclic esters (lactones) is 1. The number of hydrogen-bond acceptors (Lipinski definition) is 9. The van der Waals surface area contributed by atoms with Gasteiger partial charge in [-0.05, 0) is 81.5 Å². The van der Waals surface area contributed by atoms with Crippen molar-refractivity contribution in [3.63, 3.8) is 0 Å². The number of carbonyl (C=O) groups excluding carboxylic acids is 2. The van der Waals surface area contributed by atoms with Crippen LogP contribution >= 0.6 is 0 Å². The number of ketones is 1. The lowest BCUT2D eigenvalue weighted by atomic mass is 9.71. The summed E-state index contributed by atoms with van der Waals surface area (Å²) in [6.07, 6.45) is 7.45. The van der Waals surface area contributed by atoms with Crippen LogP contribution in [0.2, 0.25) is 0 Å². The van der Waals surface area contributed by atoms with Crippen LogP contribution in [0.4, 0.5) is 0 Å². The van der Waals surface area contributed by atoms with Crippen molar-refractivity contribution in [3.05, 3.63) is 12.2 Å². The van der Waals surface area contributed by atoms with Crippen LogP contribution in [-0.4, -0.2) is 87.2 Å². The first kappa shape index (κ1) is 32.0. The number of allylic oxidation sites excluding steroid dienone is 2. The van der Waals surface area contributed by atoms with E-state index in [2.05, 4.69) is 12.2 Å². The van der Waals surface area contributed by atoms with Gasteiger partial charge in [-0.25, -0.2) is 0 Å². The second-order valence-corrected chi connectivity index (χ2v) is 13.4. The molecule has 42 heavy (non-hydrogen) atoms. The number of carbonyl (C=O) groups is 2. The average Bonchev–Trinajstić information content (AvgIpc) is 3.55. The molecule has 238 valence electrons. The molecule has 0 aromatic carbocycles. The van der Waals surface area contributed by atoms with E-state index in [-0.39, 0.29) is 72.4 Å². The Balaban J connectivity index is 1.32. The fourth-order valence-electron chi connectivity index (χ4n) is 8.93. The number of aliphatic hydroxyl groups is 1. The number of esters is 1. The average molecular weight is 593 g/mol. The van der Waals surface area contributed by atoms with Crippen molar-refractivity contribution in [2.45, 2.75) is 121 Å². The summed E-state index contributed by atoms with van der Waals surface area (Å²) in [7, 11) is 4.95. The molecular weight excluding hydrogens is 540 g/mol. The molecule has 0 aromatic heterocycles. The van der Waals surface area contributed by atoms with Gasteiger partial charge in [-0.15, -0.1) is 0 Å². The molecule has 3 aliphatic carbocycles. The van der Waals surface area contributed by atoms with Gasteiger partial charge in [0.15, 0.2) is 6.29 Å². The SMILES string of the molecule is CC[C@H]1CCC[C@H](O)[C@@H](C)C(=O)C2C[C@H]3C4C[C@H](OC5OC(C)C(OC)C(OC)C5OC)C[C@H]4C=C[C@H]3C2CC(=O)O1. The Kier molecular flexibility index (Phi) is 10.5. The molecule has 1 N–H and O–H groups in total. The summed E-state index contributed by atoms with van der Waals surface area (Å²) in [4.78, 5) is 27.0. The topological polar surface area (TPSA) is 110 Å². The van der Waals surface area contributed by atoms with Crippen LogP contribution < -0.4 is 0 Å². The van der Waals surface area contributed by atoms with Gasteiger partial charge in [0.05, 0.1) is 18.3 Å². The molecule has 5 aliphatic rings. The summed E-state index contributed by atoms with van der Waals surface area (Å²) in [6.45, 7) is 5.86. The molecular formula is C33H52O9. The number of methoxy groups -OCH3 is 3. The summed E-state index contributed by atoms with van der Waals surface area (Å²) in [5.41, 5.74) is 0. The van der Waals surface area contributed by atoms with Crippen molar-refractivity contribution < 1.29 is 43.1 Å². The first-order valence-electron chi connectivity index (χ1n) is 16.2. The van der Waals surface area contributed by atoms with Gasteiger partial charge >= 0.3 is 5.97 Å². The Morgan fingerprint density at radius 1 is 0.905 bits per heavy atom. The Hall–Kier alpha value is -1.36. The van der Waals surface area contributed by atoms with Gasteiger partial charge < -0.3 is 33.5 Å². The monoisotopic (exact) mass is 592 g/mol. The minimum absolute atomic E-state index is 0.0202. The number of fused-ring (bicyclic) bond motifs is 5. The second kappa shape index (κ2) is 13.7. The first-order chi connectivity index (χ1) is 20.2. The van der Waals surface area contributed by atoms with Gasteiger partial charge in [-0.3, -0.25) is 9.59 Å². The zero-order valence-electron chi connectivity index (χ0n) is 26.2. The summed E-state index contributed by atoms with van der Waals surface area (Å²) >= 11 is 0. The highest BCUT2D eigenvalue weighted by Crippen LogP contribution is 2.57. The molecule has 0 aromatic rings. The van der Waals surface area contributed by atoms with Gasteiger partial charge in [0.25, 0.3) is 0 Å². The first-order valence-corrected chi connectivity index (χ1v) is 16.2. The highest BCUT2D eigenvalue weighted by Gasteiger charge is 2.55. The lowest BCUT2D eigenvalue weighted by molar-refractivity contribution is -0.314. The molecule has 0 bridgehead atoms. The molecule has 4 fully saturated rings. The van der Waals surface area contributed by atoms with Crippen LogP contribution in [-0.2, 0) is 38.0 Å². The largest absolute Gasteiger partial charge is 0.462 e. The number of rotatable bonds is 6. The molecule has 2 saturated carbocycles. The predicted molar refractivity (Wildman–Crippen MR) is 154 cm³/mol. The maximum Gasteiger partial charge on any atom is 0.306 e. The maximum absolute atomic E-state index is 13.8. The number of aliphatic hydroxyl groups excluding tert-OH is 1. The number of hydrogen-bond donors (Lipinski definition) is 1. The quantitative estimate of drug-likeness (QED) is 0.360. The molecule has 9 nitrogen and oxygen atoms in total. The normalized spacial score (nSPS) is 48.0. The lowest BCUT2D eigenvalue weighted by Crippen LogP contribution is -2.59. The zero-order chi connectivity index (χ0) is 30.1. The van der Waals surface area contributed by atoms with Crippen molar-refractivity contribution >= 4 is 11.8 Å². The maximum atomic E-state index is 13.8. The Bertz CT molecular complexity index is 969. The summed E-state index contributed by atoms with van der Waals surface area (Å²) in [5.74, 6) is 0.229. The lowest BCUT2D eigenvalue weighted by Gasteiger charge is -2.44. The van der Waals surface area contributed by atoms with Gasteiger partial charge in [-0.1, -0.05) is 26.0 Å². The molecule has 15 atom stereocenters. The molecule has 9 heteroatoms. The van der Waals surface area contributed by atoms with E-state index in [1.54, 1.807) is 21.3 Å². The fraction of sp³-hybridized carbons (Fsp3) is 0.879. The molecule has 2 aliphatic heterocycles. The highest BCUT2D eigenvalue weighted by molar-refractivity contribution is 5.85. The molecule has 0 amide bonds. The zero-order valence-corrected chi connectivity index (χ0v) is 26.2. The smallest absolute Gasteiger partial charge is 0.306 e. The second-order valence-electron chi connectivity index (χ2n) is 13.4. The van der Waals surface area contributed by atoms with Crippen molar-refractivity contribution in [1.82, 2.24) is 0 Å². The molecule has 2 heterocycles. The third-order valence-electron chi connectivity index (χ3n) is 11.2. The van der Waals surface area contributed by atoms with E-state index < -0.39 is 24.4 Å². The van der Waals surface area contributed by atoms with Gasteiger partial charge in [0, 0.05) is 39.6 Å². The van der Waals surface area contributed by atoms with E-state index in [1.807, 2.05) is 20.8 Å². The highest BCUT2D eigenvalue weighted by atomic mass is 16.7. The molecule has 5 rings (SSSR count). The number of Topliss-reactive ketones (excluding diaryl/α,β-unsaturated/α-hetero) is 1. The van der Waals surface area contributed by atoms with Crippen molar-refractivity contribution in [2.75, 3.05) is 21.3 Å². The van der Waals surface area contributed by atoms with E-state index in [0.717, 1.165) is 38.5 Å². The van der Waals surface area contributed by atoms with Crippen LogP contribution in [0.5, 0.6) is 0 Å².